The lowest BCUT2D eigenvalue weighted by molar-refractivity contribution is 0.0710. The van der Waals surface area contributed by atoms with Crippen LogP contribution in [0.15, 0.2) is 0 Å². The van der Waals surface area contributed by atoms with E-state index < -0.39 is 0 Å². The summed E-state index contributed by atoms with van der Waals surface area (Å²) < 4.78 is 9.94. The number of hydrogen-bond acceptors (Lipinski definition) is 2. The van der Waals surface area contributed by atoms with Gasteiger partial charge in [0, 0.05) is 24.0 Å². The maximum atomic E-state index is 5.16. The van der Waals surface area contributed by atoms with Crippen molar-refractivity contribution in [3.63, 3.8) is 0 Å². The summed E-state index contributed by atoms with van der Waals surface area (Å²) in [5, 5.41) is 0. The fourth-order valence-corrected chi connectivity index (χ4v) is 0.563. The van der Waals surface area contributed by atoms with Crippen LogP contribution in [-0.4, -0.2) is 37.2 Å². The lowest BCUT2D eigenvalue weighted by Crippen LogP contribution is -2.02. The monoisotopic (exact) mass is 145 g/mol. The van der Waals surface area contributed by atoms with E-state index >= 15 is 0 Å². The van der Waals surface area contributed by atoms with E-state index in [1.807, 2.05) is 0 Å². The second-order valence-electron chi connectivity index (χ2n) is 1.71. The first-order chi connectivity index (χ1) is 4.41. The van der Waals surface area contributed by atoms with E-state index in [4.69, 9.17) is 9.47 Å². The van der Waals surface area contributed by atoms with Crippen molar-refractivity contribution in [2.45, 2.75) is 12.5 Å². The lowest BCUT2D eigenvalue weighted by Gasteiger charge is -2.00. The van der Waals surface area contributed by atoms with Gasteiger partial charge in [-0.1, -0.05) is 6.04 Å². The Kier molecular flexibility index (Phi) is 8.26. The number of rotatable bonds is 6. The van der Waals surface area contributed by atoms with Crippen LogP contribution in [0.5, 0.6) is 0 Å². The minimum Gasteiger partial charge on any atom is -0.382 e. The SMILES string of the molecule is COCCOCCC[Si]. The second-order valence-corrected chi connectivity index (χ2v) is 2.21. The van der Waals surface area contributed by atoms with Crippen LogP contribution in [0.2, 0.25) is 6.04 Å². The van der Waals surface area contributed by atoms with Gasteiger partial charge in [-0.3, -0.25) is 0 Å². The summed E-state index contributed by atoms with van der Waals surface area (Å²) in [7, 11) is 5.02. The van der Waals surface area contributed by atoms with Gasteiger partial charge < -0.3 is 9.47 Å². The zero-order chi connectivity index (χ0) is 6.95. The van der Waals surface area contributed by atoms with E-state index in [2.05, 4.69) is 10.2 Å². The largest absolute Gasteiger partial charge is 0.382 e. The second kappa shape index (κ2) is 8.14. The van der Waals surface area contributed by atoms with Gasteiger partial charge in [-0.15, -0.1) is 0 Å². The molecule has 0 N–H and O–H groups in total. The smallest absolute Gasteiger partial charge is 0.0700 e. The Morgan fingerprint density at radius 3 is 2.56 bits per heavy atom. The molecule has 0 fully saturated rings. The van der Waals surface area contributed by atoms with Crippen molar-refractivity contribution in [3.8, 4) is 0 Å². The molecule has 0 aromatic heterocycles. The van der Waals surface area contributed by atoms with Crippen LogP contribution in [0.3, 0.4) is 0 Å². The fourth-order valence-electron chi connectivity index (χ4n) is 0.419. The molecule has 0 aromatic carbocycles. The van der Waals surface area contributed by atoms with E-state index in [1.54, 1.807) is 7.11 Å². The Balaban J connectivity index is 2.60. The topological polar surface area (TPSA) is 18.5 Å². The van der Waals surface area contributed by atoms with Crippen molar-refractivity contribution < 1.29 is 9.47 Å². The Morgan fingerprint density at radius 1 is 1.22 bits per heavy atom. The van der Waals surface area contributed by atoms with Gasteiger partial charge in [0.1, 0.15) is 0 Å². The molecule has 53 valence electrons. The standard InChI is InChI=1S/C6H13O2Si/c1-7-4-5-8-3-2-6-9/h2-6H2,1H3. The Morgan fingerprint density at radius 2 is 2.00 bits per heavy atom. The zero-order valence-electron chi connectivity index (χ0n) is 5.85. The maximum absolute atomic E-state index is 5.16. The van der Waals surface area contributed by atoms with Crippen LogP contribution < -0.4 is 0 Å². The van der Waals surface area contributed by atoms with Crippen molar-refractivity contribution in [3.05, 3.63) is 0 Å². The third-order valence-corrected chi connectivity index (χ3v) is 1.25. The molecule has 2 nitrogen and oxygen atoms in total. The molecule has 0 heterocycles. The molecule has 0 rings (SSSR count). The van der Waals surface area contributed by atoms with E-state index in [9.17, 15) is 0 Å². The van der Waals surface area contributed by atoms with Gasteiger partial charge in [-0.2, -0.15) is 0 Å². The quantitative estimate of drug-likeness (QED) is 0.403. The highest BCUT2D eigenvalue weighted by atomic mass is 28.1. The molecule has 0 spiro atoms. The maximum Gasteiger partial charge on any atom is 0.0700 e. The molecule has 3 radical (unpaired) electrons. The molecule has 0 aliphatic heterocycles. The van der Waals surface area contributed by atoms with Crippen LogP contribution >= 0.6 is 0 Å². The molecule has 0 unspecified atom stereocenters. The summed E-state index contributed by atoms with van der Waals surface area (Å²) in [5.41, 5.74) is 0. The summed E-state index contributed by atoms with van der Waals surface area (Å²) in [6.07, 6.45) is 1.07. The first kappa shape index (κ1) is 9.14. The number of hydrogen-bond donors (Lipinski definition) is 0. The first-order valence-corrected chi connectivity index (χ1v) is 3.83. The summed E-state index contributed by atoms with van der Waals surface area (Å²) in [6, 6.07) is 1.01. The highest BCUT2D eigenvalue weighted by Gasteiger charge is 1.84. The molecule has 0 atom stereocenters. The first-order valence-electron chi connectivity index (χ1n) is 3.13. The minimum absolute atomic E-state index is 0.696. The molecule has 3 heteroatoms. The molecule has 0 bridgehead atoms. The van der Waals surface area contributed by atoms with Crippen LogP contribution in [0.25, 0.3) is 0 Å². The van der Waals surface area contributed by atoms with E-state index in [0.29, 0.717) is 13.2 Å². The van der Waals surface area contributed by atoms with Gasteiger partial charge in [0.05, 0.1) is 13.2 Å². The summed E-state index contributed by atoms with van der Waals surface area (Å²) in [4.78, 5) is 0. The van der Waals surface area contributed by atoms with Crippen molar-refractivity contribution in [1.29, 1.82) is 0 Å². The molecule has 0 saturated carbocycles. The van der Waals surface area contributed by atoms with Crippen molar-refractivity contribution in [1.82, 2.24) is 0 Å². The number of ether oxygens (including phenoxy) is 2. The van der Waals surface area contributed by atoms with Crippen molar-refractivity contribution >= 4 is 10.2 Å². The summed E-state index contributed by atoms with van der Waals surface area (Å²) in [6.45, 7) is 2.23. The summed E-state index contributed by atoms with van der Waals surface area (Å²) in [5.74, 6) is 0. The van der Waals surface area contributed by atoms with E-state index in [-0.39, 0.29) is 0 Å². The van der Waals surface area contributed by atoms with Crippen LogP contribution in [-0.2, 0) is 9.47 Å². The average Bonchev–Trinajstić information content (AvgIpc) is 1.89. The number of methoxy groups -OCH3 is 1. The summed E-state index contributed by atoms with van der Waals surface area (Å²) >= 11 is 0. The van der Waals surface area contributed by atoms with Gasteiger partial charge in [-0.25, -0.2) is 0 Å². The van der Waals surface area contributed by atoms with Gasteiger partial charge in [0.2, 0.25) is 0 Å². The van der Waals surface area contributed by atoms with Crippen LogP contribution in [0.1, 0.15) is 6.42 Å². The normalized spacial score (nSPS) is 10.0. The molecule has 0 aromatic rings. The highest BCUT2D eigenvalue weighted by molar-refractivity contribution is 6.08. The zero-order valence-corrected chi connectivity index (χ0v) is 6.85. The predicted molar refractivity (Wildman–Crippen MR) is 37.9 cm³/mol. The molecule has 0 aliphatic rings. The average molecular weight is 145 g/mol. The van der Waals surface area contributed by atoms with E-state index in [0.717, 1.165) is 19.1 Å². The highest BCUT2D eigenvalue weighted by Crippen LogP contribution is 1.85. The molecule has 0 saturated heterocycles. The van der Waals surface area contributed by atoms with Gasteiger partial charge in [-0.05, 0) is 6.42 Å². The Hall–Kier alpha value is 0.137. The molecule has 9 heavy (non-hydrogen) atoms. The van der Waals surface area contributed by atoms with E-state index in [1.165, 1.54) is 0 Å². The van der Waals surface area contributed by atoms with Crippen LogP contribution in [0.4, 0.5) is 0 Å². The molecule has 0 amide bonds. The van der Waals surface area contributed by atoms with Crippen LogP contribution in [0, 0.1) is 0 Å². The Labute approximate surface area is 60.0 Å². The lowest BCUT2D eigenvalue weighted by atomic mass is 10.5. The Bertz CT molecular complexity index is 44.3. The van der Waals surface area contributed by atoms with Gasteiger partial charge >= 0.3 is 0 Å². The molecular weight excluding hydrogens is 132 g/mol. The fraction of sp³-hybridized carbons (Fsp3) is 1.00. The van der Waals surface area contributed by atoms with Crippen molar-refractivity contribution in [2.75, 3.05) is 26.9 Å². The third kappa shape index (κ3) is 8.14. The predicted octanol–water partition coefficient (Wildman–Crippen LogP) is 0.626. The minimum atomic E-state index is 0.696. The van der Waals surface area contributed by atoms with Gasteiger partial charge in [0.15, 0.2) is 0 Å². The van der Waals surface area contributed by atoms with Gasteiger partial charge in [0.25, 0.3) is 0 Å². The molecular formula is C6H13O2Si. The van der Waals surface area contributed by atoms with Crippen molar-refractivity contribution in [2.24, 2.45) is 0 Å². The molecule has 0 aliphatic carbocycles. The third-order valence-electron chi connectivity index (χ3n) is 0.897.